The van der Waals surface area contributed by atoms with Crippen LogP contribution in [0.25, 0.3) is 0 Å². The maximum atomic E-state index is 12.5. The smallest absolute Gasteiger partial charge is 0.312 e. The standard InChI is InChI=1S/C19H20N2O2/c1-15-12-20(13-16-8-4-2-5-9-16)18(22)19(23)21(15)14-17-10-6-3-7-11-17/h2-11,15H,12-14H2,1H3/t15-/m1/s1. The summed E-state index contributed by atoms with van der Waals surface area (Å²) in [4.78, 5) is 28.2. The van der Waals surface area contributed by atoms with Gasteiger partial charge in [-0.3, -0.25) is 9.59 Å². The first-order valence-electron chi connectivity index (χ1n) is 7.83. The highest BCUT2D eigenvalue weighted by Crippen LogP contribution is 2.18. The van der Waals surface area contributed by atoms with Crippen LogP contribution < -0.4 is 0 Å². The summed E-state index contributed by atoms with van der Waals surface area (Å²) >= 11 is 0. The van der Waals surface area contributed by atoms with Crippen molar-refractivity contribution >= 4 is 11.8 Å². The van der Waals surface area contributed by atoms with E-state index >= 15 is 0 Å². The molecule has 1 saturated heterocycles. The van der Waals surface area contributed by atoms with Gasteiger partial charge in [-0.05, 0) is 18.1 Å². The van der Waals surface area contributed by atoms with Crippen molar-refractivity contribution < 1.29 is 9.59 Å². The fraction of sp³-hybridized carbons (Fsp3) is 0.263. The predicted molar refractivity (Wildman–Crippen MR) is 88.3 cm³/mol. The van der Waals surface area contributed by atoms with E-state index < -0.39 is 11.8 Å². The lowest BCUT2D eigenvalue weighted by Crippen LogP contribution is -2.57. The Balaban J connectivity index is 1.71. The Kier molecular flexibility index (Phi) is 4.42. The van der Waals surface area contributed by atoms with Crippen LogP contribution in [-0.2, 0) is 22.7 Å². The molecule has 0 aromatic heterocycles. The minimum absolute atomic E-state index is 0.00381. The van der Waals surface area contributed by atoms with Gasteiger partial charge in [0.2, 0.25) is 0 Å². The van der Waals surface area contributed by atoms with Crippen molar-refractivity contribution in [2.75, 3.05) is 6.54 Å². The third-order valence-electron chi connectivity index (χ3n) is 4.16. The molecule has 118 valence electrons. The molecule has 3 rings (SSSR count). The van der Waals surface area contributed by atoms with Crippen LogP contribution >= 0.6 is 0 Å². The normalized spacial score (nSPS) is 18.4. The molecule has 2 aromatic carbocycles. The lowest BCUT2D eigenvalue weighted by atomic mass is 10.1. The molecule has 0 aliphatic carbocycles. The summed E-state index contributed by atoms with van der Waals surface area (Å²) in [7, 11) is 0. The second-order valence-electron chi connectivity index (χ2n) is 5.94. The van der Waals surface area contributed by atoms with Crippen molar-refractivity contribution in [1.29, 1.82) is 0 Å². The Labute approximate surface area is 136 Å². The number of carbonyl (C=O) groups is 2. The number of hydrogen-bond acceptors (Lipinski definition) is 2. The van der Waals surface area contributed by atoms with E-state index in [-0.39, 0.29) is 6.04 Å². The molecule has 4 nitrogen and oxygen atoms in total. The number of rotatable bonds is 4. The average Bonchev–Trinajstić information content (AvgIpc) is 2.58. The summed E-state index contributed by atoms with van der Waals surface area (Å²) in [6, 6.07) is 19.5. The number of carbonyl (C=O) groups excluding carboxylic acids is 2. The highest BCUT2D eigenvalue weighted by atomic mass is 16.2. The van der Waals surface area contributed by atoms with Crippen molar-refractivity contribution in [3.63, 3.8) is 0 Å². The van der Waals surface area contributed by atoms with E-state index in [1.807, 2.05) is 67.6 Å². The van der Waals surface area contributed by atoms with Gasteiger partial charge in [-0.2, -0.15) is 0 Å². The molecule has 1 atom stereocenters. The molecule has 0 saturated carbocycles. The first-order valence-corrected chi connectivity index (χ1v) is 7.83. The largest absolute Gasteiger partial charge is 0.328 e. The molecule has 1 fully saturated rings. The summed E-state index contributed by atoms with van der Waals surface area (Å²) in [6.07, 6.45) is 0. The molecule has 0 unspecified atom stereocenters. The molecule has 0 N–H and O–H groups in total. The molecule has 23 heavy (non-hydrogen) atoms. The lowest BCUT2D eigenvalue weighted by molar-refractivity contribution is -0.159. The molecule has 1 heterocycles. The Bertz CT molecular complexity index is 685. The van der Waals surface area contributed by atoms with E-state index in [9.17, 15) is 9.59 Å². The highest BCUT2D eigenvalue weighted by Gasteiger charge is 2.36. The SMILES string of the molecule is C[C@@H]1CN(Cc2ccccc2)C(=O)C(=O)N1Cc1ccccc1. The first-order chi connectivity index (χ1) is 11.1. The predicted octanol–water partition coefficient (Wildman–Crippen LogP) is 2.45. The van der Waals surface area contributed by atoms with Crippen LogP contribution in [0.15, 0.2) is 60.7 Å². The van der Waals surface area contributed by atoms with Gasteiger partial charge in [0, 0.05) is 25.7 Å². The van der Waals surface area contributed by atoms with Crippen LogP contribution in [0, 0.1) is 0 Å². The summed E-state index contributed by atoms with van der Waals surface area (Å²) in [5, 5.41) is 0. The summed E-state index contributed by atoms with van der Waals surface area (Å²) in [6.45, 7) is 3.51. The fourth-order valence-corrected chi connectivity index (χ4v) is 2.91. The molecule has 1 aliphatic heterocycles. The van der Waals surface area contributed by atoms with E-state index in [1.54, 1.807) is 9.80 Å². The van der Waals surface area contributed by atoms with E-state index in [0.717, 1.165) is 11.1 Å². The third-order valence-corrected chi connectivity index (χ3v) is 4.16. The zero-order valence-corrected chi connectivity index (χ0v) is 13.2. The van der Waals surface area contributed by atoms with Crippen LogP contribution in [0.3, 0.4) is 0 Å². The number of benzene rings is 2. The Morgan fingerprint density at radius 2 is 1.35 bits per heavy atom. The molecule has 4 heteroatoms. The Morgan fingerprint density at radius 1 is 0.826 bits per heavy atom. The Morgan fingerprint density at radius 3 is 1.91 bits per heavy atom. The van der Waals surface area contributed by atoms with Gasteiger partial charge in [0.05, 0.1) is 0 Å². The molecular weight excluding hydrogens is 288 g/mol. The van der Waals surface area contributed by atoms with Gasteiger partial charge in [-0.1, -0.05) is 60.7 Å². The highest BCUT2D eigenvalue weighted by molar-refractivity contribution is 6.35. The summed E-state index contributed by atoms with van der Waals surface area (Å²) in [5.41, 5.74) is 2.08. The van der Waals surface area contributed by atoms with Crippen molar-refractivity contribution in [3.8, 4) is 0 Å². The second kappa shape index (κ2) is 6.65. The minimum Gasteiger partial charge on any atom is -0.328 e. The van der Waals surface area contributed by atoms with Crippen molar-refractivity contribution in [1.82, 2.24) is 9.80 Å². The first kappa shape index (κ1) is 15.3. The van der Waals surface area contributed by atoms with Crippen LogP contribution in [-0.4, -0.2) is 34.2 Å². The molecule has 0 radical (unpaired) electrons. The van der Waals surface area contributed by atoms with Gasteiger partial charge < -0.3 is 9.80 Å². The minimum atomic E-state index is -0.414. The van der Waals surface area contributed by atoms with Crippen LogP contribution in [0.4, 0.5) is 0 Å². The van der Waals surface area contributed by atoms with Gasteiger partial charge in [0.15, 0.2) is 0 Å². The number of piperazine rings is 1. The number of amides is 2. The van der Waals surface area contributed by atoms with Gasteiger partial charge in [0.25, 0.3) is 0 Å². The molecule has 0 bridgehead atoms. The molecular formula is C19H20N2O2. The Hall–Kier alpha value is -2.62. The van der Waals surface area contributed by atoms with E-state index in [4.69, 9.17) is 0 Å². The van der Waals surface area contributed by atoms with Gasteiger partial charge in [-0.25, -0.2) is 0 Å². The zero-order valence-electron chi connectivity index (χ0n) is 13.2. The summed E-state index contributed by atoms with van der Waals surface area (Å²) < 4.78 is 0. The van der Waals surface area contributed by atoms with Crippen LogP contribution in [0.2, 0.25) is 0 Å². The maximum absolute atomic E-state index is 12.5. The van der Waals surface area contributed by atoms with Gasteiger partial charge >= 0.3 is 11.8 Å². The average molecular weight is 308 g/mol. The molecule has 2 amide bonds. The lowest BCUT2D eigenvalue weighted by Gasteiger charge is -2.39. The zero-order chi connectivity index (χ0) is 16.2. The van der Waals surface area contributed by atoms with Crippen molar-refractivity contribution in [3.05, 3.63) is 71.8 Å². The monoisotopic (exact) mass is 308 g/mol. The second-order valence-corrected chi connectivity index (χ2v) is 5.94. The van der Waals surface area contributed by atoms with Gasteiger partial charge in [0.1, 0.15) is 0 Å². The fourth-order valence-electron chi connectivity index (χ4n) is 2.91. The summed E-state index contributed by atoms with van der Waals surface area (Å²) in [5.74, 6) is -0.827. The third kappa shape index (κ3) is 3.42. The maximum Gasteiger partial charge on any atom is 0.312 e. The molecule has 2 aromatic rings. The van der Waals surface area contributed by atoms with E-state index in [2.05, 4.69) is 0 Å². The van der Waals surface area contributed by atoms with Crippen molar-refractivity contribution in [2.45, 2.75) is 26.1 Å². The quantitative estimate of drug-likeness (QED) is 0.814. The molecule has 1 aliphatic rings. The van der Waals surface area contributed by atoms with E-state index in [1.165, 1.54) is 0 Å². The molecule has 0 spiro atoms. The van der Waals surface area contributed by atoms with Crippen LogP contribution in [0.5, 0.6) is 0 Å². The topological polar surface area (TPSA) is 40.6 Å². The van der Waals surface area contributed by atoms with Crippen LogP contribution in [0.1, 0.15) is 18.1 Å². The van der Waals surface area contributed by atoms with E-state index in [0.29, 0.717) is 19.6 Å². The number of nitrogens with zero attached hydrogens (tertiary/aromatic N) is 2. The number of hydrogen-bond donors (Lipinski definition) is 0. The van der Waals surface area contributed by atoms with Crippen molar-refractivity contribution in [2.24, 2.45) is 0 Å². The van der Waals surface area contributed by atoms with Gasteiger partial charge in [-0.15, -0.1) is 0 Å².